The number of thiophene rings is 1. The van der Waals surface area contributed by atoms with Gasteiger partial charge in [0, 0.05) is 10.1 Å². The summed E-state index contributed by atoms with van der Waals surface area (Å²) in [4.78, 5) is 11.4. The van der Waals surface area contributed by atoms with E-state index in [-0.39, 0.29) is 15.5 Å². The minimum absolute atomic E-state index is 0.0243. The molecule has 3 aromatic rings. The molecule has 0 spiro atoms. The maximum absolute atomic E-state index is 12.2. The van der Waals surface area contributed by atoms with Crippen molar-refractivity contribution in [3.63, 3.8) is 0 Å². The van der Waals surface area contributed by atoms with Crippen molar-refractivity contribution in [3.05, 3.63) is 60.2 Å². The summed E-state index contributed by atoms with van der Waals surface area (Å²) >= 11 is 0.992. The highest BCUT2D eigenvalue weighted by molar-refractivity contribution is 7.87. The first-order valence-electron chi connectivity index (χ1n) is 6.23. The fourth-order valence-corrected chi connectivity index (χ4v) is 4.22. The Morgan fingerprint density at radius 1 is 1.00 bits per heavy atom. The first-order valence-corrected chi connectivity index (χ1v) is 8.46. The fourth-order valence-electron chi connectivity index (χ4n) is 2.02. The summed E-state index contributed by atoms with van der Waals surface area (Å²) in [6.45, 7) is 0. The van der Waals surface area contributed by atoms with Crippen LogP contribution >= 0.6 is 11.3 Å². The molecule has 22 heavy (non-hydrogen) atoms. The summed E-state index contributed by atoms with van der Waals surface area (Å²) in [5, 5.41) is 9.67. The highest BCUT2D eigenvalue weighted by atomic mass is 32.2. The minimum Gasteiger partial charge on any atom is -0.477 e. The molecule has 0 saturated carbocycles. The molecule has 1 aromatic heterocycles. The van der Waals surface area contributed by atoms with E-state index in [1.807, 2.05) is 0 Å². The van der Waals surface area contributed by atoms with Gasteiger partial charge < -0.3 is 9.29 Å². The first kappa shape index (κ1) is 14.6. The van der Waals surface area contributed by atoms with E-state index in [4.69, 9.17) is 4.18 Å². The summed E-state index contributed by atoms with van der Waals surface area (Å²) in [5.74, 6) is -1.23. The number of carbonyl (C=O) groups is 1. The lowest BCUT2D eigenvalue weighted by Gasteiger charge is -2.05. The lowest BCUT2D eigenvalue weighted by molar-refractivity contribution is 0.0698. The second-order valence-electron chi connectivity index (χ2n) is 4.42. The Balaban J connectivity index is 2.12. The number of benzene rings is 2. The number of aromatic carboxylic acids is 1. The molecule has 0 bridgehead atoms. The van der Waals surface area contributed by atoms with Crippen LogP contribution in [0.15, 0.2) is 59.5 Å². The van der Waals surface area contributed by atoms with Gasteiger partial charge in [0.2, 0.25) is 5.06 Å². The smallest absolute Gasteiger partial charge is 0.341 e. The molecule has 1 N–H and O–H groups in total. The van der Waals surface area contributed by atoms with Crippen molar-refractivity contribution in [1.29, 1.82) is 0 Å². The van der Waals surface area contributed by atoms with Crippen LogP contribution < -0.4 is 4.18 Å². The molecule has 0 saturated heterocycles. The van der Waals surface area contributed by atoms with Gasteiger partial charge >= 0.3 is 16.1 Å². The summed E-state index contributed by atoms with van der Waals surface area (Å²) in [5.41, 5.74) is -0.139. The zero-order valence-electron chi connectivity index (χ0n) is 11.1. The third-order valence-electron chi connectivity index (χ3n) is 2.99. The zero-order chi connectivity index (χ0) is 15.7. The third kappa shape index (κ3) is 2.56. The van der Waals surface area contributed by atoms with Crippen molar-refractivity contribution in [2.75, 3.05) is 0 Å². The molecule has 0 aliphatic carbocycles. The Morgan fingerprint density at radius 2 is 1.64 bits per heavy atom. The van der Waals surface area contributed by atoms with Crippen molar-refractivity contribution in [2.45, 2.75) is 4.90 Å². The Bertz CT molecular complexity index is 942. The van der Waals surface area contributed by atoms with Crippen LogP contribution in [0.3, 0.4) is 0 Å². The van der Waals surface area contributed by atoms with E-state index in [1.54, 1.807) is 42.5 Å². The van der Waals surface area contributed by atoms with Crippen LogP contribution in [0.5, 0.6) is 5.06 Å². The Morgan fingerprint density at radius 3 is 2.32 bits per heavy atom. The molecule has 0 amide bonds. The summed E-state index contributed by atoms with van der Waals surface area (Å²) < 4.78 is 30.2. The summed E-state index contributed by atoms with van der Waals surface area (Å²) in [7, 11) is -4.07. The van der Waals surface area contributed by atoms with Crippen LogP contribution in [0.25, 0.3) is 10.1 Å². The lowest BCUT2D eigenvalue weighted by atomic mass is 10.2. The highest BCUT2D eigenvalue weighted by Crippen LogP contribution is 2.38. The predicted molar refractivity (Wildman–Crippen MR) is 83.0 cm³/mol. The fraction of sp³-hybridized carbons (Fsp3) is 0. The monoisotopic (exact) mass is 334 g/mol. The van der Waals surface area contributed by atoms with Gasteiger partial charge in [-0.3, -0.25) is 0 Å². The number of fused-ring (bicyclic) bond motifs is 1. The van der Waals surface area contributed by atoms with Crippen molar-refractivity contribution >= 4 is 37.5 Å². The van der Waals surface area contributed by atoms with Gasteiger partial charge in [0.25, 0.3) is 0 Å². The van der Waals surface area contributed by atoms with Gasteiger partial charge in [-0.15, -0.1) is 0 Å². The van der Waals surface area contributed by atoms with Gasteiger partial charge in [-0.25, -0.2) is 4.79 Å². The molecule has 0 aliphatic rings. The minimum atomic E-state index is -4.07. The molecule has 2 aromatic carbocycles. The predicted octanol–water partition coefficient (Wildman–Crippen LogP) is 3.37. The van der Waals surface area contributed by atoms with Gasteiger partial charge in [-0.2, -0.15) is 8.42 Å². The van der Waals surface area contributed by atoms with Crippen LogP contribution in [-0.2, 0) is 10.1 Å². The van der Waals surface area contributed by atoms with Gasteiger partial charge in [-0.1, -0.05) is 47.7 Å². The maximum atomic E-state index is 12.2. The number of carboxylic acids is 1. The molecule has 0 atom stereocenters. The van der Waals surface area contributed by atoms with Crippen molar-refractivity contribution in [3.8, 4) is 5.06 Å². The molecule has 112 valence electrons. The van der Waals surface area contributed by atoms with Crippen LogP contribution in [0.2, 0.25) is 0 Å². The molecular weight excluding hydrogens is 324 g/mol. The lowest BCUT2D eigenvalue weighted by Crippen LogP contribution is -2.10. The summed E-state index contributed by atoms with van der Waals surface area (Å²) in [6, 6.07) is 14.4. The van der Waals surface area contributed by atoms with E-state index >= 15 is 0 Å². The number of carboxylic acid groups (broad SMARTS) is 1. The Labute approximate surface area is 130 Å². The topological polar surface area (TPSA) is 80.7 Å². The number of hydrogen-bond donors (Lipinski definition) is 1. The van der Waals surface area contributed by atoms with Crippen molar-refractivity contribution in [1.82, 2.24) is 0 Å². The van der Waals surface area contributed by atoms with E-state index in [0.29, 0.717) is 10.1 Å². The van der Waals surface area contributed by atoms with Crippen LogP contribution in [0.4, 0.5) is 0 Å². The maximum Gasteiger partial charge on any atom is 0.341 e. The van der Waals surface area contributed by atoms with Crippen LogP contribution in [0.1, 0.15) is 10.4 Å². The van der Waals surface area contributed by atoms with Gasteiger partial charge in [0.1, 0.15) is 10.5 Å². The van der Waals surface area contributed by atoms with E-state index in [9.17, 15) is 18.3 Å². The van der Waals surface area contributed by atoms with E-state index in [2.05, 4.69) is 0 Å². The largest absolute Gasteiger partial charge is 0.477 e. The average molecular weight is 334 g/mol. The second kappa shape index (κ2) is 5.43. The third-order valence-corrected chi connectivity index (χ3v) is 5.38. The van der Waals surface area contributed by atoms with Crippen molar-refractivity contribution < 1.29 is 22.5 Å². The van der Waals surface area contributed by atoms with E-state index in [0.717, 1.165) is 11.3 Å². The molecule has 1 heterocycles. The number of rotatable bonds is 4. The Kier molecular flexibility index (Phi) is 3.59. The second-order valence-corrected chi connectivity index (χ2v) is 6.98. The molecule has 7 heteroatoms. The molecule has 0 unspecified atom stereocenters. The Hall–Kier alpha value is -2.38. The van der Waals surface area contributed by atoms with Gasteiger partial charge in [0.15, 0.2) is 0 Å². The van der Waals surface area contributed by atoms with Crippen LogP contribution in [-0.4, -0.2) is 19.5 Å². The molecule has 0 aliphatic heterocycles. The van der Waals surface area contributed by atoms with E-state index in [1.165, 1.54) is 12.1 Å². The van der Waals surface area contributed by atoms with Gasteiger partial charge in [0.05, 0.1) is 0 Å². The molecular formula is C15H10O5S2. The molecule has 0 fully saturated rings. The normalized spacial score (nSPS) is 11.5. The van der Waals surface area contributed by atoms with Crippen LogP contribution in [0, 0.1) is 0 Å². The molecule has 5 nitrogen and oxygen atoms in total. The molecule has 0 radical (unpaired) electrons. The highest BCUT2D eigenvalue weighted by Gasteiger charge is 2.25. The van der Waals surface area contributed by atoms with Crippen molar-refractivity contribution in [2.24, 2.45) is 0 Å². The first-order chi connectivity index (χ1) is 10.5. The zero-order valence-corrected chi connectivity index (χ0v) is 12.7. The molecule has 3 rings (SSSR count). The van der Waals surface area contributed by atoms with Gasteiger partial charge in [-0.05, 0) is 18.2 Å². The summed E-state index contributed by atoms with van der Waals surface area (Å²) in [6.07, 6.45) is 0. The van der Waals surface area contributed by atoms with E-state index < -0.39 is 16.1 Å². The number of hydrogen-bond acceptors (Lipinski definition) is 5. The quantitative estimate of drug-likeness (QED) is 0.740. The SMILES string of the molecule is O=C(O)c1c(OS(=O)(=O)c2ccccc2)sc2ccccc12. The standard InChI is InChI=1S/C15H10O5S2/c16-14(17)13-11-8-4-5-9-12(11)21-15(13)20-22(18,19)10-6-2-1-3-7-10/h1-9H,(H,16,17). The average Bonchev–Trinajstić information content (AvgIpc) is 2.85.